The molecule has 0 saturated heterocycles. The van der Waals surface area contributed by atoms with Gasteiger partial charge >= 0.3 is 12.0 Å². The lowest BCUT2D eigenvalue weighted by atomic mass is 10.2. The molecule has 92 valence electrons. The number of hydrogen-bond donors (Lipinski definition) is 2. The van der Waals surface area contributed by atoms with Crippen molar-refractivity contribution in [2.45, 2.75) is 6.92 Å². The Hall–Kier alpha value is -2.24. The number of nitrogens with zero attached hydrogens (tertiary/aromatic N) is 1. The van der Waals surface area contributed by atoms with Gasteiger partial charge in [0.2, 0.25) is 0 Å². The van der Waals surface area contributed by atoms with E-state index in [1.165, 1.54) is 12.1 Å². The van der Waals surface area contributed by atoms with Crippen molar-refractivity contribution in [2.24, 2.45) is 5.73 Å². The summed E-state index contributed by atoms with van der Waals surface area (Å²) in [4.78, 5) is 22.1. The van der Waals surface area contributed by atoms with Crippen LogP contribution in [0.5, 0.6) is 0 Å². The first-order valence-corrected chi connectivity index (χ1v) is 5.00. The van der Waals surface area contributed by atoms with Crippen LogP contribution < -0.4 is 16.2 Å². The third-order valence-electron chi connectivity index (χ3n) is 2.07. The molecular weight excluding hydrogens is 222 g/mol. The van der Waals surface area contributed by atoms with Crippen molar-refractivity contribution in [3.63, 3.8) is 0 Å². The van der Waals surface area contributed by atoms with E-state index < -0.39 is 12.0 Å². The molecule has 1 aromatic rings. The first-order chi connectivity index (χ1) is 8.02. The van der Waals surface area contributed by atoms with Gasteiger partial charge in [-0.15, -0.1) is 0 Å². The fraction of sp³-hybridized carbons (Fsp3) is 0.273. The van der Waals surface area contributed by atoms with Gasteiger partial charge in [-0.1, -0.05) is 12.1 Å². The summed E-state index contributed by atoms with van der Waals surface area (Å²) < 4.78 is 4.54. The second-order valence-corrected chi connectivity index (χ2v) is 3.48. The zero-order valence-electron chi connectivity index (χ0n) is 9.77. The van der Waals surface area contributed by atoms with E-state index in [0.29, 0.717) is 5.69 Å². The number of benzene rings is 1. The van der Waals surface area contributed by atoms with E-state index in [-0.39, 0.29) is 6.54 Å². The molecule has 0 aliphatic rings. The molecule has 0 radical (unpaired) electrons. The Balaban J connectivity index is 2.89. The summed E-state index contributed by atoms with van der Waals surface area (Å²) in [7, 11) is 1.28. The number of nitrogens with two attached hydrogens (primary N) is 1. The maximum atomic E-state index is 11.2. The number of urea groups is 1. The highest BCUT2D eigenvalue weighted by Gasteiger charge is 2.13. The topological polar surface area (TPSA) is 84.7 Å². The van der Waals surface area contributed by atoms with Gasteiger partial charge in [0.25, 0.3) is 0 Å². The number of carbonyl (C=O) groups excluding carboxylic acids is 2. The quantitative estimate of drug-likeness (QED) is 0.592. The first-order valence-electron chi connectivity index (χ1n) is 5.00. The lowest BCUT2D eigenvalue weighted by molar-refractivity contribution is -0.139. The van der Waals surface area contributed by atoms with Gasteiger partial charge in [-0.25, -0.2) is 10.2 Å². The number of rotatable bonds is 4. The van der Waals surface area contributed by atoms with Crippen LogP contribution in [0.3, 0.4) is 0 Å². The summed E-state index contributed by atoms with van der Waals surface area (Å²) in [6.07, 6.45) is 0. The standard InChI is InChI=1S/C11H15N3O3/c1-8-4-3-5-9(6-8)14(13-11(12)16)7-10(15)17-2/h3-6H,7H2,1-2H3,(H3,12,13,16). The first kappa shape index (κ1) is 12.8. The lowest BCUT2D eigenvalue weighted by Gasteiger charge is -2.23. The zero-order valence-corrected chi connectivity index (χ0v) is 9.77. The van der Waals surface area contributed by atoms with E-state index in [1.807, 2.05) is 25.1 Å². The van der Waals surface area contributed by atoms with Gasteiger partial charge in [-0.3, -0.25) is 9.80 Å². The molecule has 0 atom stereocenters. The second kappa shape index (κ2) is 5.74. The Morgan fingerprint density at radius 2 is 2.18 bits per heavy atom. The van der Waals surface area contributed by atoms with Crippen LogP contribution in [0.2, 0.25) is 0 Å². The number of esters is 1. The minimum absolute atomic E-state index is 0.108. The minimum Gasteiger partial charge on any atom is -0.468 e. The third kappa shape index (κ3) is 4.02. The molecule has 2 amide bonds. The van der Waals surface area contributed by atoms with Crippen molar-refractivity contribution in [3.8, 4) is 0 Å². The molecule has 3 N–H and O–H groups in total. The van der Waals surface area contributed by atoms with E-state index in [4.69, 9.17) is 5.73 Å². The van der Waals surface area contributed by atoms with Crippen LogP contribution in [0.4, 0.5) is 10.5 Å². The predicted octanol–water partition coefficient (Wildman–Crippen LogP) is 0.558. The number of ether oxygens (including phenoxy) is 1. The van der Waals surface area contributed by atoms with Crippen molar-refractivity contribution in [1.82, 2.24) is 5.43 Å². The molecule has 1 rings (SSSR count). The Bertz CT molecular complexity index is 420. The van der Waals surface area contributed by atoms with E-state index in [9.17, 15) is 9.59 Å². The van der Waals surface area contributed by atoms with Gasteiger partial charge in [-0.05, 0) is 24.6 Å². The SMILES string of the molecule is COC(=O)CN(NC(N)=O)c1cccc(C)c1. The zero-order chi connectivity index (χ0) is 12.8. The maximum absolute atomic E-state index is 11.2. The van der Waals surface area contributed by atoms with Crippen LogP contribution >= 0.6 is 0 Å². The maximum Gasteiger partial charge on any atom is 0.330 e. The predicted molar refractivity (Wildman–Crippen MR) is 63.3 cm³/mol. The summed E-state index contributed by atoms with van der Waals surface area (Å²) in [6, 6.07) is 6.56. The second-order valence-electron chi connectivity index (χ2n) is 3.48. The Kier molecular flexibility index (Phi) is 4.33. The summed E-state index contributed by atoms with van der Waals surface area (Å²) >= 11 is 0. The monoisotopic (exact) mass is 237 g/mol. The van der Waals surface area contributed by atoms with Crippen LogP contribution in [0.25, 0.3) is 0 Å². The number of primary amides is 1. The Labute approximate surface area is 99.3 Å². The van der Waals surface area contributed by atoms with E-state index in [2.05, 4.69) is 10.2 Å². The van der Waals surface area contributed by atoms with Gasteiger partial charge in [0, 0.05) is 0 Å². The lowest BCUT2D eigenvalue weighted by Crippen LogP contribution is -2.48. The van der Waals surface area contributed by atoms with Crippen LogP contribution in [0, 0.1) is 6.92 Å². The van der Waals surface area contributed by atoms with Crippen LogP contribution in [0.15, 0.2) is 24.3 Å². The molecule has 0 heterocycles. The molecule has 0 bridgehead atoms. The molecule has 1 aromatic carbocycles. The van der Waals surface area contributed by atoms with Gasteiger partial charge in [0.15, 0.2) is 0 Å². The summed E-state index contributed by atoms with van der Waals surface area (Å²) in [6.45, 7) is 1.80. The van der Waals surface area contributed by atoms with Crippen molar-refractivity contribution in [2.75, 3.05) is 18.7 Å². The van der Waals surface area contributed by atoms with E-state index >= 15 is 0 Å². The highest BCUT2D eigenvalue weighted by atomic mass is 16.5. The van der Waals surface area contributed by atoms with Crippen LogP contribution in [0.1, 0.15) is 5.56 Å². The van der Waals surface area contributed by atoms with Crippen molar-refractivity contribution < 1.29 is 14.3 Å². The van der Waals surface area contributed by atoms with E-state index in [0.717, 1.165) is 5.56 Å². The molecule has 0 unspecified atom stereocenters. The normalized spacial score (nSPS) is 9.53. The molecule has 6 heteroatoms. The number of amides is 2. The minimum atomic E-state index is -0.740. The van der Waals surface area contributed by atoms with Gasteiger partial charge in [0.05, 0.1) is 12.8 Å². The highest BCUT2D eigenvalue weighted by molar-refractivity contribution is 5.79. The van der Waals surface area contributed by atoms with Crippen LogP contribution in [-0.4, -0.2) is 25.7 Å². The number of carbonyl (C=O) groups is 2. The van der Waals surface area contributed by atoms with Crippen molar-refractivity contribution in [3.05, 3.63) is 29.8 Å². The van der Waals surface area contributed by atoms with Gasteiger partial charge in [0.1, 0.15) is 6.54 Å². The number of anilines is 1. The molecule has 0 saturated carbocycles. The smallest absolute Gasteiger partial charge is 0.330 e. The largest absolute Gasteiger partial charge is 0.468 e. The van der Waals surface area contributed by atoms with Crippen molar-refractivity contribution >= 4 is 17.7 Å². The summed E-state index contributed by atoms with van der Waals surface area (Å²) in [5.41, 5.74) is 9.07. The number of hydrogen-bond acceptors (Lipinski definition) is 4. The van der Waals surface area contributed by atoms with Crippen molar-refractivity contribution in [1.29, 1.82) is 0 Å². The summed E-state index contributed by atoms with van der Waals surface area (Å²) in [5.74, 6) is -0.472. The van der Waals surface area contributed by atoms with Gasteiger partial charge in [-0.2, -0.15) is 0 Å². The number of aryl methyl sites for hydroxylation is 1. The number of hydrazine groups is 1. The molecule has 0 aliphatic carbocycles. The van der Waals surface area contributed by atoms with E-state index in [1.54, 1.807) is 6.07 Å². The van der Waals surface area contributed by atoms with Gasteiger partial charge < -0.3 is 10.5 Å². The Morgan fingerprint density at radius 1 is 1.47 bits per heavy atom. The molecule has 17 heavy (non-hydrogen) atoms. The molecule has 6 nitrogen and oxygen atoms in total. The average molecular weight is 237 g/mol. The fourth-order valence-corrected chi connectivity index (χ4v) is 1.32. The van der Waals surface area contributed by atoms with Crippen LogP contribution in [-0.2, 0) is 9.53 Å². The summed E-state index contributed by atoms with van der Waals surface area (Å²) in [5, 5.41) is 1.33. The Morgan fingerprint density at radius 3 is 2.71 bits per heavy atom. The highest BCUT2D eigenvalue weighted by Crippen LogP contribution is 2.13. The third-order valence-corrected chi connectivity index (χ3v) is 2.07. The molecule has 0 aromatic heterocycles. The molecule has 0 fully saturated rings. The molecular formula is C11H15N3O3. The number of methoxy groups -OCH3 is 1. The number of nitrogens with one attached hydrogen (secondary N) is 1. The molecule has 0 spiro atoms. The molecule has 0 aliphatic heterocycles. The fourth-order valence-electron chi connectivity index (χ4n) is 1.32. The average Bonchev–Trinajstić information content (AvgIpc) is 2.27.